The average Bonchev–Trinajstić information content (AvgIpc) is 2.96. The van der Waals surface area contributed by atoms with Crippen LogP contribution in [0.1, 0.15) is 0 Å². The molecule has 3 aromatic rings. The number of anilines is 2. The van der Waals surface area contributed by atoms with Gasteiger partial charge in [0.05, 0.1) is 12.1 Å². The van der Waals surface area contributed by atoms with Gasteiger partial charge in [0, 0.05) is 25.2 Å². The van der Waals surface area contributed by atoms with Crippen molar-refractivity contribution in [2.45, 2.75) is 0 Å². The Morgan fingerprint density at radius 3 is 2.92 bits per heavy atom. The number of H-pyrrole nitrogens is 1. The summed E-state index contributed by atoms with van der Waals surface area (Å²) in [6.07, 6.45) is 1.62. The number of nitrogens with zero attached hydrogens (tertiary/aromatic N) is 3. The van der Waals surface area contributed by atoms with Crippen LogP contribution in [0.3, 0.4) is 0 Å². The fraction of sp³-hybridized carbons (Fsp3) is 0.188. The van der Waals surface area contributed by atoms with Crippen LogP contribution in [-0.2, 0) is 0 Å². The van der Waals surface area contributed by atoms with Crippen molar-refractivity contribution in [2.24, 2.45) is 0 Å². The second-order valence-electron chi connectivity index (χ2n) is 5.37. The standard InChI is InChI=1S/C16H18N6O2/c1-22(6-7-23)16(24)19-14-9-11(4-5-18-14)10-2-3-13-12(8-10)15(17)21-20-13/h2-5,8-9,23H,6-7H2,1H3,(H3,17,20,21)(H,18,19,24). The molecule has 0 fully saturated rings. The van der Waals surface area contributed by atoms with E-state index in [-0.39, 0.29) is 19.2 Å². The van der Waals surface area contributed by atoms with Gasteiger partial charge in [-0.3, -0.25) is 10.4 Å². The highest BCUT2D eigenvalue weighted by Gasteiger charge is 2.10. The highest BCUT2D eigenvalue weighted by Crippen LogP contribution is 2.27. The van der Waals surface area contributed by atoms with E-state index in [9.17, 15) is 4.79 Å². The Morgan fingerprint density at radius 2 is 2.12 bits per heavy atom. The number of carbonyl (C=O) groups excluding carboxylic acids is 1. The van der Waals surface area contributed by atoms with E-state index in [1.807, 2.05) is 24.3 Å². The molecule has 0 spiro atoms. The molecular weight excluding hydrogens is 308 g/mol. The Labute approximate surface area is 138 Å². The monoisotopic (exact) mass is 326 g/mol. The number of nitrogens with one attached hydrogen (secondary N) is 2. The first-order valence-corrected chi connectivity index (χ1v) is 7.41. The van der Waals surface area contributed by atoms with Gasteiger partial charge < -0.3 is 15.7 Å². The van der Waals surface area contributed by atoms with Crippen molar-refractivity contribution in [3.63, 3.8) is 0 Å². The van der Waals surface area contributed by atoms with Crippen molar-refractivity contribution < 1.29 is 9.90 Å². The van der Waals surface area contributed by atoms with Crippen LogP contribution < -0.4 is 11.1 Å². The number of nitrogen functional groups attached to an aromatic ring is 1. The number of benzene rings is 1. The summed E-state index contributed by atoms with van der Waals surface area (Å²) in [4.78, 5) is 17.5. The molecule has 24 heavy (non-hydrogen) atoms. The maximum Gasteiger partial charge on any atom is 0.322 e. The van der Waals surface area contributed by atoms with Crippen LogP contribution in [-0.4, -0.2) is 51.4 Å². The van der Waals surface area contributed by atoms with Gasteiger partial charge in [0.25, 0.3) is 0 Å². The number of pyridine rings is 1. The number of urea groups is 1. The molecule has 0 aliphatic rings. The Hall–Kier alpha value is -3.13. The van der Waals surface area contributed by atoms with E-state index in [1.165, 1.54) is 4.90 Å². The van der Waals surface area contributed by atoms with Gasteiger partial charge >= 0.3 is 6.03 Å². The molecule has 3 rings (SSSR count). The lowest BCUT2D eigenvalue weighted by atomic mass is 10.0. The lowest BCUT2D eigenvalue weighted by molar-refractivity contribution is 0.202. The van der Waals surface area contributed by atoms with Gasteiger partial charge in [0.1, 0.15) is 5.82 Å². The smallest absolute Gasteiger partial charge is 0.322 e. The number of hydrogen-bond acceptors (Lipinski definition) is 5. The van der Waals surface area contributed by atoms with Crippen molar-refractivity contribution in [1.82, 2.24) is 20.1 Å². The van der Waals surface area contributed by atoms with Gasteiger partial charge in [0.15, 0.2) is 5.82 Å². The minimum Gasteiger partial charge on any atom is -0.395 e. The first-order valence-electron chi connectivity index (χ1n) is 7.41. The molecule has 0 saturated heterocycles. The number of likely N-dealkylation sites (N-methyl/N-ethyl adjacent to an activating group) is 1. The Bertz CT molecular complexity index is 876. The summed E-state index contributed by atoms with van der Waals surface area (Å²) in [6.45, 7) is 0.158. The van der Waals surface area contributed by atoms with Crippen molar-refractivity contribution >= 4 is 28.6 Å². The Balaban J connectivity index is 1.86. The van der Waals surface area contributed by atoms with Crippen LogP contribution in [0, 0.1) is 0 Å². The topological polar surface area (TPSA) is 120 Å². The summed E-state index contributed by atoms with van der Waals surface area (Å²) in [6, 6.07) is 9.09. The largest absolute Gasteiger partial charge is 0.395 e. The van der Waals surface area contributed by atoms with E-state index < -0.39 is 0 Å². The molecule has 8 heteroatoms. The van der Waals surface area contributed by atoms with Gasteiger partial charge in [-0.05, 0) is 35.4 Å². The molecule has 0 saturated carbocycles. The maximum atomic E-state index is 12.0. The second-order valence-corrected chi connectivity index (χ2v) is 5.37. The SMILES string of the molecule is CN(CCO)C(=O)Nc1cc(-c2ccc3[nH]nc(N)c3c2)ccn1. The normalized spacial score (nSPS) is 10.8. The summed E-state index contributed by atoms with van der Waals surface area (Å²) in [5, 5.41) is 19.3. The molecule has 0 radical (unpaired) electrons. The molecule has 1 aromatic carbocycles. The molecule has 0 atom stereocenters. The van der Waals surface area contributed by atoms with Gasteiger partial charge in [-0.15, -0.1) is 0 Å². The number of nitrogens with two attached hydrogens (primary N) is 1. The third-order valence-electron chi connectivity index (χ3n) is 3.70. The highest BCUT2D eigenvalue weighted by molar-refractivity contribution is 5.93. The summed E-state index contributed by atoms with van der Waals surface area (Å²) in [5.41, 5.74) is 8.55. The summed E-state index contributed by atoms with van der Waals surface area (Å²) >= 11 is 0. The number of fused-ring (bicyclic) bond motifs is 1. The van der Waals surface area contributed by atoms with E-state index in [1.54, 1.807) is 19.3 Å². The lowest BCUT2D eigenvalue weighted by Gasteiger charge is -2.16. The number of aromatic amines is 1. The van der Waals surface area contributed by atoms with Gasteiger partial charge in [0.2, 0.25) is 0 Å². The lowest BCUT2D eigenvalue weighted by Crippen LogP contribution is -2.33. The van der Waals surface area contributed by atoms with Gasteiger partial charge in [-0.1, -0.05) is 6.07 Å². The number of hydrogen-bond donors (Lipinski definition) is 4. The molecule has 0 aliphatic carbocycles. The molecule has 8 nitrogen and oxygen atoms in total. The van der Waals surface area contributed by atoms with Crippen LogP contribution >= 0.6 is 0 Å². The summed E-state index contributed by atoms with van der Waals surface area (Å²) in [5.74, 6) is 0.877. The number of aliphatic hydroxyl groups excluding tert-OH is 1. The van der Waals surface area contributed by atoms with Crippen LogP contribution in [0.5, 0.6) is 0 Å². The Morgan fingerprint density at radius 1 is 1.33 bits per heavy atom. The zero-order chi connectivity index (χ0) is 17.1. The Kier molecular flexibility index (Phi) is 4.30. The van der Waals surface area contributed by atoms with Crippen molar-refractivity contribution in [2.75, 3.05) is 31.2 Å². The second kappa shape index (κ2) is 6.55. The highest BCUT2D eigenvalue weighted by atomic mass is 16.3. The molecule has 2 aromatic heterocycles. The zero-order valence-corrected chi connectivity index (χ0v) is 13.2. The predicted molar refractivity (Wildman–Crippen MR) is 92.5 cm³/mol. The van der Waals surface area contributed by atoms with Crippen LogP contribution in [0.4, 0.5) is 16.4 Å². The average molecular weight is 326 g/mol. The van der Waals surface area contributed by atoms with Crippen LogP contribution in [0.15, 0.2) is 36.5 Å². The minimum absolute atomic E-state index is 0.0937. The van der Waals surface area contributed by atoms with Crippen LogP contribution in [0.2, 0.25) is 0 Å². The number of carbonyl (C=O) groups is 1. The van der Waals surface area contributed by atoms with E-state index in [2.05, 4.69) is 20.5 Å². The minimum atomic E-state index is -0.330. The number of amides is 2. The first kappa shape index (κ1) is 15.8. The molecule has 0 aliphatic heterocycles. The third-order valence-corrected chi connectivity index (χ3v) is 3.70. The number of aliphatic hydroxyl groups is 1. The number of rotatable bonds is 4. The molecule has 124 valence electrons. The van der Waals surface area contributed by atoms with E-state index in [0.717, 1.165) is 22.0 Å². The fourth-order valence-electron chi connectivity index (χ4n) is 2.35. The molecule has 5 N–H and O–H groups in total. The van der Waals surface area contributed by atoms with Gasteiger partial charge in [-0.25, -0.2) is 9.78 Å². The third kappa shape index (κ3) is 3.13. The summed E-state index contributed by atoms with van der Waals surface area (Å²) < 4.78 is 0. The fourth-order valence-corrected chi connectivity index (χ4v) is 2.35. The first-order chi connectivity index (χ1) is 11.6. The molecule has 2 amide bonds. The van der Waals surface area contributed by atoms with E-state index >= 15 is 0 Å². The molecule has 2 heterocycles. The summed E-state index contributed by atoms with van der Waals surface area (Å²) in [7, 11) is 1.60. The van der Waals surface area contributed by atoms with E-state index in [4.69, 9.17) is 10.8 Å². The maximum absolute atomic E-state index is 12.0. The van der Waals surface area contributed by atoms with E-state index in [0.29, 0.717) is 11.6 Å². The quantitative estimate of drug-likeness (QED) is 0.581. The van der Waals surface area contributed by atoms with Crippen molar-refractivity contribution in [3.05, 3.63) is 36.5 Å². The zero-order valence-electron chi connectivity index (χ0n) is 13.2. The number of aromatic nitrogens is 3. The van der Waals surface area contributed by atoms with Crippen LogP contribution in [0.25, 0.3) is 22.0 Å². The van der Waals surface area contributed by atoms with Crippen molar-refractivity contribution in [3.8, 4) is 11.1 Å². The van der Waals surface area contributed by atoms with Gasteiger partial charge in [-0.2, -0.15) is 5.10 Å². The molecule has 0 bridgehead atoms. The predicted octanol–water partition coefficient (Wildman–Crippen LogP) is 1.66. The van der Waals surface area contributed by atoms with Crippen molar-refractivity contribution in [1.29, 1.82) is 0 Å². The molecule has 0 unspecified atom stereocenters. The molecular formula is C16H18N6O2.